The van der Waals surface area contributed by atoms with Gasteiger partial charge in [0.25, 0.3) is 0 Å². The van der Waals surface area contributed by atoms with E-state index in [0.29, 0.717) is 0 Å². The molecule has 20 heavy (non-hydrogen) atoms. The van der Waals surface area contributed by atoms with E-state index in [1.54, 1.807) is 0 Å². The quantitative estimate of drug-likeness (QED) is 0.496. The van der Waals surface area contributed by atoms with Crippen LogP contribution < -0.4 is 5.32 Å². The van der Waals surface area contributed by atoms with Crippen LogP contribution in [-0.2, 0) is 9.53 Å². The molecule has 0 saturated carbocycles. The van der Waals surface area contributed by atoms with Crippen LogP contribution in [0.25, 0.3) is 0 Å². The average molecular weight is 283 g/mol. The fraction of sp³-hybridized carbons (Fsp3) is 0.933. The summed E-state index contributed by atoms with van der Waals surface area (Å²) in [6, 6.07) is 0. The topological polar surface area (TPSA) is 44.8 Å². The molecule has 5 nitrogen and oxygen atoms in total. The van der Waals surface area contributed by atoms with E-state index >= 15 is 0 Å². The Morgan fingerprint density at radius 2 is 1.80 bits per heavy atom. The SMILES string of the molecule is O=CNCCCN1CCN(CCCC2CCOC2)CC1. The van der Waals surface area contributed by atoms with Crippen molar-refractivity contribution < 1.29 is 9.53 Å². The average Bonchev–Trinajstić information content (AvgIpc) is 2.98. The number of hydrogen-bond acceptors (Lipinski definition) is 4. The summed E-state index contributed by atoms with van der Waals surface area (Å²) >= 11 is 0. The first-order valence-corrected chi connectivity index (χ1v) is 8.08. The Balaban J connectivity index is 1.47. The third-order valence-electron chi connectivity index (χ3n) is 4.45. The van der Waals surface area contributed by atoms with Crippen LogP contribution >= 0.6 is 0 Å². The highest BCUT2D eigenvalue weighted by atomic mass is 16.5. The summed E-state index contributed by atoms with van der Waals surface area (Å²) < 4.78 is 5.42. The van der Waals surface area contributed by atoms with Gasteiger partial charge in [0.15, 0.2) is 0 Å². The highest BCUT2D eigenvalue weighted by Crippen LogP contribution is 2.18. The zero-order chi connectivity index (χ0) is 14.0. The van der Waals surface area contributed by atoms with Gasteiger partial charge in [-0.2, -0.15) is 0 Å². The molecular weight excluding hydrogens is 254 g/mol. The molecule has 2 aliphatic rings. The van der Waals surface area contributed by atoms with Gasteiger partial charge in [0.1, 0.15) is 0 Å². The lowest BCUT2D eigenvalue weighted by atomic mass is 10.0. The fourth-order valence-corrected chi connectivity index (χ4v) is 3.11. The summed E-state index contributed by atoms with van der Waals surface area (Å²) in [4.78, 5) is 15.3. The largest absolute Gasteiger partial charge is 0.381 e. The summed E-state index contributed by atoms with van der Waals surface area (Å²) in [6.45, 7) is 9.86. The molecular formula is C15H29N3O2. The van der Waals surface area contributed by atoms with Gasteiger partial charge in [0.2, 0.25) is 6.41 Å². The molecule has 2 aliphatic heterocycles. The molecule has 1 N–H and O–H groups in total. The molecule has 116 valence electrons. The van der Waals surface area contributed by atoms with Crippen molar-refractivity contribution in [1.82, 2.24) is 15.1 Å². The zero-order valence-electron chi connectivity index (χ0n) is 12.6. The first-order chi connectivity index (χ1) is 9.88. The lowest BCUT2D eigenvalue weighted by Gasteiger charge is -2.34. The number of piperazine rings is 1. The number of ether oxygens (including phenoxy) is 1. The first-order valence-electron chi connectivity index (χ1n) is 8.08. The van der Waals surface area contributed by atoms with Crippen molar-refractivity contribution in [3.63, 3.8) is 0 Å². The molecule has 2 heterocycles. The minimum absolute atomic E-state index is 0.785. The zero-order valence-corrected chi connectivity index (χ0v) is 12.6. The van der Waals surface area contributed by atoms with E-state index in [-0.39, 0.29) is 0 Å². The monoisotopic (exact) mass is 283 g/mol. The molecule has 2 fully saturated rings. The van der Waals surface area contributed by atoms with E-state index in [1.165, 1.54) is 52.0 Å². The highest BCUT2D eigenvalue weighted by molar-refractivity contribution is 5.45. The van der Waals surface area contributed by atoms with Crippen molar-refractivity contribution >= 4 is 6.41 Å². The van der Waals surface area contributed by atoms with Crippen molar-refractivity contribution in [3.05, 3.63) is 0 Å². The van der Waals surface area contributed by atoms with Gasteiger partial charge >= 0.3 is 0 Å². The predicted molar refractivity (Wildman–Crippen MR) is 79.7 cm³/mol. The van der Waals surface area contributed by atoms with E-state index in [0.717, 1.165) is 45.1 Å². The van der Waals surface area contributed by atoms with Gasteiger partial charge in [-0.25, -0.2) is 0 Å². The Bertz CT molecular complexity index is 262. The van der Waals surface area contributed by atoms with Gasteiger partial charge < -0.3 is 19.9 Å². The first kappa shape index (κ1) is 15.7. The van der Waals surface area contributed by atoms with Crippen molar-refractivity contribution in [2.45, 2.75) is 25.7 Å². The molecule has 1 atom stereocenters. The standard InChI is InChI=1S/C15H29N3O2/c19-14-16-5-2-7-18-10-8-17(9-11-18)6-1-3-15-4-12-20-13-15/h14-15H,1-13H2,(H,16,19). The molecule has 0 aromatic heterocycles. The molecule has 0 aliphatic carbocycles. The molecule has 0 radical (unpaired) electrons. The van der Waals surface area contributed by atoms with E-state index in [1.807, 2.05) is 0 Å². The van der Waals surface area contributed by atoms with Gasteiger partial charge in [0, 0.05) is 45.9 Å². The number of nitrogens with zero attached hydrogens (tertiary/aromatic N) is 2. The van der Waals surface area contributed by atoms with Crippen molar-refractivity contribution in [3.8, 4) is 0 Å². The molecule has 0 aromatic carbocycles. The Labute approximate surface area is 122 Å². The van der Waals surface area contributed by atoms with E-state index in [4.69, 9.17) is 4.74 Å². The van der Waals surface area contributed by atoms with Gasteiger partial charge in [-0.05, 0) is 44.7 Å². The smallest absolute Gasteiger partial charge is 0.207 e. The predicted octanol–water partition coefficient (Wildman–Crippen LogP) is 0.557. The number of amides is 1. The molecule has 1 amide bonds. The molecule has 0 spiro atoms. The fourth-order valence-electron chi connectivity index (χ4n) is 3.11. The van der Waals surface area contributed by atoms with Crippen molar-refractivity contribution in [1.29, 1.82) is 0 Å². The van der Waals surface area contributed by atoms with Crippen LogP contribution in [0.5, 0.6) is 0 Å². The second kappa shape index (κ2) is 9.32. The lowest BCUT2D eigenvalue weighted by molar-refractivity contribution is -0.109. The molecule has 0 aromatic rings. The van der Waals surface area contributed by atoms with Crippen LogP contribution in [0.4, 0.5) is 0 Å². The maximum atomic E-state index is 10.2. The molecule has 2 saturated heterocycles. The summed E-state index contributed by atoms with van der Waals surface area (Å²) in [5, 5.41) is 2.72. The number of rotatable bonds is 9. The number of hydrogen-bond donors (Lipinski definition) is 1. The Kier molecular flexibility index (Phi) is 7.33. The summed E-state index contributed by atoms with van der Waals surface area (Å²) in [5.41, 5.74) is 0. The van der Waals surface area contributed by atoms with Crippen LogP contribution in [0, 0.1) is 5.92 Å². The van der Waals surface area contributed by atoms with Crippen LogP contribution in [0.15, 0.2) is 0 Å². The number of carbonyl (C=O) groups is 1. The molecule has 0 bridgehead atoms. The summed E-state index contributed by atoms with van der Waals surface area (Å²) in [7, 11) is 0. The number of carbonyl (C=O) groups excluding carboxylic acids is 1. The Morgan fingerprint density at radius 3 is 2.40 bits per heavy atom. The Morgan fingerprint density at radius 1 is 1.10 bits per heavy atom. The second-order valence-electron chi connectivity index (χ2n) is 5.98. The van der Waals surface area contributed by atoms with Crippen molar-refractivity contribution in [2.75, 3.05) is 59.0 Å². The van der Waals surface area contributed by atoms with Gasteiger partial charge in [-0.1, -0.05) is 0 Å². The van der Waals surface area contributed by atoms with Gasteiger partial charge in [-0.3, -0.25) is 4.79 Å². The van der Waals surface area contributed by atoms with Crippen molar-refractivity contribution in [2.24, 2.45) is 5.92 Å². The second-order valence-corrected chi connectivity index (χ2v) is 5.98. The maximum Gasteiger partial charge on any atom is 0.207 e. The third-order valence-corrected chi connectivity index (χ3v) is 4.45. The third kappa shape index (κ3) is 5.77. The summed E-state index contributed by atoms with van der Waals surface area (Å²) in [5.74, 6) is 0.821. The lowest BCUT2D eigenvalue weighted by Crippen LogP contribution is -2.47. The Hall–Kier alpha value is -0.650. The molecule has 2 rings (SSSR count). The van der Waals surface area contributed by atoms with Crippen LogP contribution in [-0.4, -0.2) is 75.2 Å². The van der Waals surface area contributed by atoms with E-state index < -0.39 is 0 Å². The molecule has 5 heteroatoms. The minimum atomic E-state index is 0.785. The van der Waals surface area contributed by atoms with E-state index in [2.05, 4.69) is 15.1 Å². The van der Waals surface area contributed by atoms with Gasteiger partial charge in [0.05, 0.1) is 0 Å². The summed E-state index contributed by atoms with van der Waals surface area (Å²) in [6.07, 6.45) is 5.76. The molecule has 1 unspecified atom stereocenters. The van der Waals surface area contributed by atoms with Crippen LogP contribution in [0.3, 0.4) is 0 Å². The van der Waals surface area contributed by atoms with Crippen LogP contribution in [0.2, 0.25) is 0 Å². The van der Waals surface area contributed by atoms with Crippen LogP contribution in [0.1, 0.15) is 25.7 Å². The maximum absolute atomic E-state index is 10.2. The van der Waals surface area contributed by atoms with E-state index in [9.17, 15) is 4.79 Å². The highest BCUT2D eigenvalue weighted by Gasteiger charge is 2.18. The van der Waals surface area contributed by atoms with Gasteiger partial charge in [-0.15, -0.1) is 0 Å². The minimum Gasteiger partial charge on any atom is -0.381 e. The normalized spacial score (nSPS) is 24.9. The number of nitrogens with one attached hydrogen (secondary N) is 1.